The fourth-order valence-electron chi connectivity index (χ4n) is 2.60. The molecule has 0 spiro atoms. The average molecular weight is 346 g/mol. The van der Waals surface area contributed by atoms with E-state index in [9.17, 15) is 13.2 Å². The maximum atomic E-state index is 13.3. The molecule has 0 aliphatic carbocycles. The van der Waals surface area contributed by atoms with Gasteiger partial charge in [-0.05, 0) is 30.2 Å². The predicted molar refractivity (Wildman–Crippen MR) is 90.7 cm³/mol. The van der Waals surface area contributed by atoms with Gasteiger partial charge in [-0.2, -0.15) is 23.0 Å². The second-order valence-corrected chi connectivity index (χ2v) is 5.50. The van der Waals surface area contributed by atoms with Crippen molar-refractivity contribution in [3.05, 3.63) is 59.8 Å². The van der Waals surface area contributed by atoms with Gasteiger partial charge in [0.25, 0.3) is 0 Å². The molecule has 0 bridgehead atoms. The van der Waals surface area contributed by atoms with Gasteiger partial charge in [0.05, 0.1) is 5.69 Å². The molecule has 0 fully saturated rings. The maximum Gasteiger partial charge on any atom is 0.420 e. The summed E-state index contributed by atoms with van der Waals surface area (Å²) < 4.78 is 41.1. The van der Waals surface area contributed by atoms with Gasteiger partial charge in [0.2, 0.25) is 0 Å². The Bertz CT molecular complexity index is 884. The van der Waals surface area contributed by atoms with E-state index in [2.05, 4.69) is 15.4 Å². The van der Waals surface area contributed by atoms with Crippen LogP contribution in [0.2, 0.25) is 0 Å². The van der Waals surface area contributed by atoms with Crippen molar-refractivity contribution in [1.29, 1.82) is 0 Å². The van der Waals surface area contributed by atoms with Crippen LogP contribution < -0.4 is 5.32 Å². The van der Waals surface area contributed by atoms with E-state index in [0.717, 1.165) is 23.6 Å². The number of alkyl halides is 3. The molecule has 0 saturated heterocycles. The largest absolute Gasteiger partial charge is 0.420 e. The van der Waals surface area contributed by atoms with Crippen molar-refractivity contribution in [2.75, 3.05) is 12.4 Å². The third kappa shape index (κ3) is 3.35. The normalized spacial score (nSPS) is 11.6. The third-order valence-electron chi connectivity index (χ3n) is 3.89. The molecular formula is C18H17F3N4. The zero-order valence-electron chi connectivity index (χ0n) is 13.8. The fourth-order valence-corrected chi connectivity index (χ4v) is 2.60. The highest BCUT2D eigenvalue weighted by Gasteiger charge is 2.35. The molecule has 2 aromatic heterocycles. The molecule has 0 radical (unpaired) electrons. The Morgan fingerprint density at radius 2 is 1.92 bits per heavy atom. The lowest BCUT2D eigenvalue weighted by Gasteiger charge is -2.13. The molecule has 0 unspecified atom stereocenters. The van der Waals surface area contributed by atoms with E-state index in [1.54, 1.807) is 13.1 Å². The monoisotopic (exact) mass is 346 g/mol. The van der Waals surface area contributed by atoms with E-state index >= 15 is 0 Å². The van der Waals surface area contributed by atoms with Crippen LogP contribution in [0.15, 0.2) is 48.7 Å². The Hall–Kier alpha value is -2.83. The number of nitrogens with one attached hydrogen (secondary N) is 1. The van der Waals surface area contributed by atoms with Gasteiger partial charge in [-0.1, -0.05) is 25.1 Å². The highest BCUT2D eigenvalue weighted by Crippen LogP contribution is 2.34. The van der Waals surface area contributed by atoms with Crippen LogP contribution in [0.3, 0.4) is 0 Å². The first-order chi connectivity index (χ1) is 11.9. The molecule has 0 aliphatic rings. The summed E-state index contributed by atoms with van der Waals surface area (Å²) in [7, 11) is 1.63. The number of nitrogens with zero attached hydrogens (tertiary/aromatic N) is 3. The van der Waals surface area contributed by atoms with Crippen molar-refractivity contribution in [3.63, 3.8) is 0 Å². The van der Waals surface area contributed by atoms with Crippen LogP contribution in [0.5, 0.6) is 0 Å². The van der Waals surface area contributed by atoms with Crippen molar-refractivity contribution in [1.82, 2.24) is 14.8 Å². The van der Waals surface area contributed by atoms with Gasteiger partial charge in [-0.15, -0.1) is 0 Å². The Labute approximate surface area is 143 Å². The number of anilines is 1. The summed E-state index contributed by atoms with van der Waals surface area (Å²) in [5, 5.41) is 7.25. The van der Waals surface area contributed by atoms with Gasteiger partial charge < -0.3 is 5.32 Å². The average Bonchev–Trinajstić information content (AvgIpc) is 3.05. The van der Waals surface area contributed by atoms with Gasteiger partial charge >= 0.3 is 6.18 Å². The summed E-state index contributed by atoms with van der Waals surface area (Å²) in [6.07, 6.45) is -2.32. The van der Waals surface area contributed by atoms with Crippen LogP contribution in [0.1, 0.15) is 18.1 Å². The van der Waals surface area contributed by atoms with E-state index < -0.39 is 11.7 Å². The summed E-state index contributed by atoms with van der Waals surface area (Å²) in [4.78, 5) is 3.91. The lowest BCUT2D eigenvalue weighted by molar-refractivity contribution is -0.137. The van der Waals surface area contributed by atoms with Crippen LogP contribution in [0, 0.1) is 0 Å². The fraction of sp³-hybridized carbons (Fsp3) is 0.222. The highest BCUT2D eigenvalue weighted by atomic mass is 19.4. The number of rotatable bonds is 4. The molecule has 7 heteroatoms. The number of pyridine rings is 1. The van der Waals surface area contributed by atoms with Crippen molar-refractivity contribution < 1.29 is 13.2 Å². The van der Waals surface area contributed by atoms with E-state index in [-0.39, 0.29) is 5.82 Å². The van der Waals surface area contributed by atoms with Gasteiger partial charge in [0.15, 0.2) is 5.82 Å². The van der Waals surface area contributed by atoms with Gasteiger partial charge in [0, 0.05) is 24.9 Å². The van der Waals surface area contributed by atoms with Crippen LogP contribution in [0.25, 0.3) is 17.1 Å². The van der Waals surface area contributed by atoms with Crippen molar-refractivity contribution in [2.24, 2.45) is 0 Å². The molecule has 130 valence electrons. The van der Waals surface area contributed by atoms with Crippen LogP contribution in [0.4, 0.5) is 19.0 Å². The minimum atomic E-state index is -4.51. The Morgan fingerprint density at radius 3 is 2.60 bits per heavy atom. The molecule has 25 heavy (non-hydrogen) atoms. The second kappa shape index (κ2) is 6.58. The summed E-state index contributed by atoms with van der Waals surface area (Å²) in [6, 6.07) is 11.8. The molecule has 4 nitrogen and oxygen atoms in total. The van der Waals surface area contributed by atoms with Gasteiger partial charge in [-0.25, -0.2) is 4.98 Å². The number of aromatic nitrogens is 3. The van der Waals surface area contributed by atoms with Crippen LogP contribution in [-0.4, -0.2) is 21.8 Å². The van der Waals surface area contributed by atoms with Gasteiger partial charge in [0.1, 0.15) is 11.4 Å². The van der Waals surface area contributed by atoms with Crippen molar-refractivity contribution in [3.8, 4) is 17.1 Å². The number of benzene rings is 1. The molecule has 0 aliphatic heterocycles. The molecule has 3 aromatic rings. The SMILES string of the molecule is CCc1cccc(-c2cc(NC)n(-c3ncccc3C(F)(F)F)n2)c1. The molecule has 1 aromatic carbocycles. The first kappa shape index (κ1) is 17.0. The van der Waals surface area contributed by atoms with Crippen LogP contribution in [-0.2, 0) is 12.6 Å². The summed E-state index contributed by atoms with van der Waals surface area (Å²) in [6.45, 7) is 2.04. The smallest absolute Gasteiger partial charge is 0.373 e. The predicted octanol–water partition coefficient (Wildman–Crippen LogP) is 4.56. The standard InChI is InChI=1S/C18H17F3N4/c1-3-12-6-4-7-13(10-12)15-11-16(22-2)25(24-15)17-14(18(19,20)21)8-5-9-23-17/h4-11,22H,3H2,1-2H3. The third-order valence-corrected chi connectivity index (χ3v) is 3.89. The molecule has 2 heterocycles. The van der Waals surface area contributed by atoms with E-state index in [1.807, 2.05) is 31.2 Å². The second-order valence-electron chi connectivity index (χ2n) is 5.50. The highest BCUT2D eigenvalue weighted by molar-refractivity contribution is 5.65. The number of hydrogen-bond acceptors (Lipinski definition) is 3. The van der Waals surface area contributed by atoms with Gasteiger partial charge in [-0.3, -0.25) is 0 Å². The van der Waals surface area contributed by atoms with E-state index in [4.69, 9.17) is 0 Å². The lowest BCUT2D eigenvalue weighted by Crippen LogP contribution is -2.14. The summed E-state index contributed by atoms with van der Waals surface area (Å²) in [5.74, 6) is 0.179. The minimum absolute atomic E-state index is 0.253. The van der Waals surface area contributed by atoms with Crippen LogP contribution >= 0.6 is 0 Å². The van der Waals surface area contributed by atoms with E-state index in [0.29, 0.717) is 11.5 Å². The lowest BCUT2D eigenvalue weighted by atomic mass is 10.1. The van der Waals surface area contributed by atoms with Crippen molar-refractivity contribution in [2.45, 2.75) is 19.5 Å². The van der Waals surface area contributed by atoms with E-state index in [1.165, 1.54) is 16.9 Å². The quantitative estimate of drug-likeness (QED) is 0.753. The zero-order valence-corrected chi connectivity index (χ0v) is 13.8. The first-order valence-electron chi connectivity index (χ1n) is 7.83. The Balaban J connectivity index is 2.14. The Kier molecular flexibility index (Phi) is 4.48. The Morgan fingerprint density at radius 1 is 1.12 bits per heavy atom. The zero-order chi connectivity index (χ0) is 18.0. The number of aryl methyl sites for hydroxylation is 1. The molecule has 1 N–H and O–H groups in total. The number of halogens is 3. The molecule has 0 saturated carbocycles. The molecule has 0 amide bonds. The number of hydrogen-bond donors (Lipinski definition) is 1. The maximum absolute atomic E-state index is 13.3. The molecule has 0 atom stereocenters. The minimum Gasteiger partial charge on any atom is -0.373 e. The van der Waals surface area contributed by atoms with Crippen molar-refractivity contribution >= 4 is 5.82 Å². The first-order valence-corrected chi connectivity index (χ1v) is 7.83. The molecule has 3 rings (SSSR count). The summed E-state index contributed by atoms with van der Waals surface area (Å²) >= 11 is 0. The topological polar surface area (TPSA) is 42.7 Å². The summed E-state index contributed by atoms with van der Waals surface area (Å²) in [5.41, 5.74) is 1.73. The molecular weight excluding hydrogens is 329 g/mol.